The molecule has 0 atom stereocenters. The number of nitrogens with zero attached hydrogens (tertiary/aromatic N) is 1. The molecule has 4 aromatic carbocycles. The van der Waals surface area contributed by atoms with Gasteiger partial charge in [0, 0.05) is 22.0 Å². The van der Waals surface area contributed by atoms with Crippen molar-refractivity contribution in [2.24, 2.45) is 5.10 Å². The number of hydrogen-bond acceptors (Lipinski definition) is 2. The molecule has 0 bridgehead atoms. The van der Waals surface area contributed by atoms with E-state index in [9.17, 15) is 4.79 Å². The molecule has 1 aromatic heterocycles. The maximum Gasteiger partial charge on any atom is 0.287 e. The van der Waals surface area contributed by atoms with Gasteiger partial charge in [-0.2, -0.15) is 5.10 Å². The SMILES string of the molecule is O=C(N/N=C(\c1ccccc1)c1ccc(-c2ccccc2)cc1)c1cc2ccccc2[nH]1. The van der Waals surface area contributed by atoms with E-state index in [4.69, 9.17) is 0 Å². The minimum atomic E-state index is -0.282. The molecule has 0 radical (unpaired) electrons. The van der Waals surface area contributed by atoms with E-state index in [1.807, 2.05) is 91.0 Å². The fourth-order valence-corrected chi connectivity index (χ4v) is 3.71. The van der Waals surface area contributed by atoms with E-state index in [0.717, 1.165) is 33.2 Å². The third-order valence-corrected chi connectivity index (χ3v) is 5.36. The monoisotopic (exact) mass is 415 g/mol. The zero-order valence-electron chi connectivity index (χ0n) is 17.3. The average molecular weight is 415 g/mol. The Morgan fingerprint density at radius 2 is 1.25 bits per heavy atom. The number of carbonyl (C=O) groups is 1. The summed E-state index contributed by atoms with van der Waals surface area (Å²) in [7, 11) is 0. The maximum absolute atomic E-state index is 12.8. The summed E-state index contributed by atoms with van der Waals surface area (Å²) in [6.45, 7) is 0. The van der Waals surface area contributed by atoms with Gasteiger partial charge in [0.15, 0.2) is 0 Å². The van der Waals surface area contributed by atoms with Crippen LogP contribution in [0.5, 0.6) is 0 Å². The summed E-state index contributed by atoms with van der Waals surface area (Å²) in [6.07, 6.45) is 0. The number of rotatable bonds is 5. The van der Waals surface area contributed by atoms with Crippen LogP contribution in [-0.2, 0) is 0 Å². The highest BCUT2D eigenvalue weighted by molar-refractivity contribution is 6.13. The molecule has 4 nitrogen and oxygen atoms in total. The first-order valence-corrected chi connectivity index (χ1v) is 10.4. The zero-order valence-corrected chi connectivity index (χ0v) is 17.3. The first-order chi connectivity index (χ1) is 15.8. The molecular weight excluding hydrogens is 394 g/mol. The molecule has 0 fully saturated rings. The van der Waals surface area contributed by atoms with Crippen molar-refractivity contribution in [2.45, 2.75) is 0 Å². The lowest BCUT2D eigenvalue weighted by Crippen LogP contribution is -2.21. The Morgan fingerprint density at radius 3 is 1.97 bits per heavy atom. The largest absolute Gasteiger partial charge is 0.350 e. The number of hydrazone groups is 1. The molecule has 0 aliphatic carbocycles. The minimum absolute atomic E-state index is 0.282. The maximum atomic E-state index is 12.8. The summed E-state index contributed by atoms with van der Waals surface area (Å²) in [4.78, 5) is 15.9. The fraction of sp³-hybridized carbons (Fsp3) is 0. The predicted octanol–water partition coefficient (Wildman–Crippen LogP) is 6.02. The van der Waals surface area contributed by atoms with Gasteiger partial charge in [-0.25, -0.2) is 5.43 Å². The summed E-state index contributed by atoms with van der Waals surface area (Å²) in [5.74, 6) is -0.282. The Morgan fingerprint density at radius 1 is 0.656 bits per heavy atom. The van der Waals surface area contributed by atoms with Crippen molar-refractivity contribution in [3.8, 4) is 11.1 Å². The lowest BCUT2D eigenvalue weighted by Gasteiger charge is -2.09. The number of H-pyrrole nitrogens is 1. The molecule has 0 saturated heterocycles. The third kappa shape index (κ3) is 4.07. The molecule has 0 aliphatic rings. The van der Waals surface area contributed by atoms with Crippen LogP contribution < -0.4 is 5.43 Å². The lowest BCUT2D eigenvalue weighted by molar-refractivity contribution is 0.0951. The second-order valence-corrected chi connectivity index (χ2v) is 7.48. The summed E-state index contributed by atoms with van der Waals surface area (Å²) in [5, 5.41) is 5.50. The van der Waals surface area contributed by atoms with Gasteiger partial charge in [-0.1, -0.05) is 103 Å². The van der Waals surface area contributed by atoms with Crippen molar-refractivity contribution >= 4 is 22.5 Å². The Kier molecular flexibility index (Phi) is 5.33. The second kappa shape index (κ2) is 8.74. The van der Waals surface area contributed by atoms with E-state index < -0.39 is 0 Å². The number of fused-ring (bicyclic) bond motifs is 1. The molecule has 0 saturated carbocycles. The van der Waals surface area contributed by atoms with E-state index in [1.54, 1.807) is 0 Å². The standard InChI is InChI=1S/C28H21N3O/c32-28(26-19-24-13-7-8-14-25(24)29-26)31-30-27(22-11-5-2-6-12-22)23-17-15-21(16-18-23)20-9-3-1-4-10-20/h1-19,29H,(H,31,32)/b30-27+. The molecule has 0 aliphatic heterocycles. The molecule has 1 amide bonds. The van der Waals surface area contributed by atoms with Gasteiger partial charge in [-0.3, -0.25) is 4.79 Å². The Balaban J connectivity index is 1.46. The van der Waals surface area contributed by atoms with Crippen LogP contribution in [0.1, 0.15) is 21.6 Å². The number of benzene rings is 4. The number of aromatic amines is 1. The molecule has 5 aromatic rings. The van der Waals surface area contributed by atoms with Crippen molar-refractivity contribution in [1.29, 1.82) is 0 Å². The molecule has 4 heteroatoms. The highest BCUT2D eigenvalue weighted by Gasteiger charge is 2.12. The van der Waals surface area contributed by atoms with E-state index in [0.29, 0.717) is 11.4 Å². The van der Waals surface area contributed by atoms with E-state index in [2.05, 4.69) is 39.8 Å². The molecule has 5 rings (SSSR count). The number of aromatic nitrogens is 1. The van der Waals surface area contributed by atoms with Gasteiger partial charge in [0.05, 0.1) is 5.71 Å². The van der Waals surface area contributed by atoms with Gasteiger partial charge in [0.2, 0.25) is 0 Å². The molecule has 0 unspecified atom stereocenters. The molecule has 0 spiro atoms. The van der Waals surface area contributed by atoms with Crippen LogP contribution in [0, 0.1) is 0 Å². The minimum Gasteiger partial charge on any atom is -0.350 e. The fourth-order valence-electron chi connectivity index (χ4n) is 3.71. The smallest absolute Gasteiger partial charge is 0.287 e. The van der Waals surface area contributed by atoms with Crippen LogP contribution in [0.2, 0.25) is 0 Å². The predicted molar refractivity (Wildman–Crippen MR) is 130 cm³/mol. The Hall–Kier alpha value is -4.44. The number of amides is 1. The van der Waals surface area contributed by atoms with E-state index >= 15 is 0 Å². The highest BCUT2D eigenvalue weighted by atomic mass is 16.2. The molecule has 1 heterocycles. The van der Waals surface area contributed by atoms with Crippen LogP contribution >= 0.6 is 0 Å². The quantitative estimate of drug-likeness (QED) is 0.268. The molecule has 154 valence electrons. The van der Waals surface area contributed by atoms with E-state index in [-0.39, 0.29) is 5.91 Å². The normalized spacial score (nSPS) is 11.4. The molecular formula is C28H21N3O. The van der Waals surface area contributed by atoms with Crippen LogP contribution in [0.15, 0.2) is 120 Å². The topological polar surface area (TPSA) is 57.2 Å². The van der Waals surface area contributed by atoms with E-state index in [1.165, 1.54) is 0 Å². The number of nitrogens with one attached hydrogen (secondary N) is 2. The zero-order chi connectivity index (χ0) is 21.8. The average Bonchev–Trinajstić information content (AvgIpc) is 3.30. The third-order valence-electron chi connectivity index (χ3n) is 5.36. The first-order valence-electron chi connectivity index (χ1n) is 10.4. The van der Waals surface area contributed by atoms with Crippen LogP contribution in [-0.4, -0.2) is 16.6 Å². The summed E-state index contributed by atoms with van der Waals surface area (Å²) >= 11 is 0. The van der Waals surface area contributed by atoms with Crippen LogP contribution in [0.3, 0.4) is 0 Å². The van der Waals surface area contributed by atoms with Gasteiger partial charge in [0.1, 0.15) is 5.69 Å². The number of para-hydroxylation sites is 1. The Labute approximate surface area is 186 Å². The molecule has 2 N–H and O–H groups in total. The summed E-state index contributed by atoms with van der Waals surface area (Å²) < 4.78 is 0. The van der Waals surface area contributed by atoms with Crippen LogP contribution in [0.4, 0.5) is 0 Å². The van der Waals surface area contributed by atoms with Crippen LogP contribution in [0.25, 0.3) is 22.0 Å². The van der Waals surface area contributed by atoms with Gasteiger partial charge in [-0.05, 0) is 23.3 Å². The summed E-state index contributed by atoms with van der Waals surface area (Å²) in [6, 6.07) is 37.9. The number of carbonyl (C=O) groups excluding carboxylic acids is 1. The van der Waals surface area contributed by atoms with Crippen molar-refractivity contribution in [1.82, 2.24) is 10.4 Å². The number of hydrogen-bond donors (Lipinski definition) is 2. The highest BCUT2D eigenvalue weighted by Crippen LogP contribution is 2.21. The van der Waals surface area contributed by atoms with Crippen molar-refractivity contribution in [2.75, 3.05) is 0 Å². The van der Waals surface area contributed by atoms with Gasteiger partial charge in [-0.15, -0.1) is 0 Å². The lowest BCUT2D eigenvalue weighted by atomic mass is 9.99. The molecule has 32 heavy (non-hydrogen) atoms. The van der Waals surface area contributed by atoms with Crippen molar-refractivity contribution in [3.63, 3.8) is 0 Å². The van der Waals surface area contributed by atoms with Gasteiger partial charge in [0.25, 0.3) is 5.91 Å². The van der Waals surface area contributed by atoms with Gasteiger partial charge < -0.3 is 4.98 Å². The van der Waals surface area contributed by atoms with Crippen molar-refractivity contribution < 1.29 is 4.79 Å². The Bertz CT molecular complexity index is 1350. The van der Waals surface area contributed by atoms with Crippen molar-refractivity contribution in [3.05, 3.63) is 132 Å². The second-order valence-electron chi connectivity index (χ2n) is 7.48. The first kappa shape index (κ1) is 19.5. The van der Waals surface area contributed by atoms with Gasteiger partial charge >= 0.3 is 0 Å². The summed E-state index contributed by atoms with van der Waals surface area (Å²) in [5.41, 5.74) is 8.95.